The van der Waals surface area contributed by atoms with Crippen LogP contribution in [0.25, 0.3) is 0 Å². The maximum atomic E-state index is 13.6. The molecule has 0 aliphatic heterocycles. The van der Waals surface area contributed by atoms with Gasteiger partial charge in [-0.1, -0.05) is 17.7 Å². The molecule has 2 aromatic rings. The predicted molar refractivity (Wildman–Crippen MR) is 67.4 cm³/mol. The van der Waals surface area contributed by atoms with Crippen LogP contribution in [0.15, 0.2) is 18.2 Å². The van der Waals surface area contributed by atoms with Crippen LogP contribution in [0.3, 0.4) is 0 Å². The largest absolute Gasteiger partial charge is 0.305 e. The van der Waals surface area contributed by atoms with Crippen molar-refractivity contribution in [1.82, 2.24) is 10.2 Å². The summed E-state index contributed by atoms with van der Waals surface area (Å²) in [5.74, 6) is -0.928. The molecule has 0 aliphatic rings. The molecule has 2 rings (SSSR count). The summed E-state index contributed by atoms with van der Waals surface area (Å²) >= 11 is 5.62. The highest BCUT2D eigenvalue weighted by Crippen LogP contribution is 2.20. The van der Waals surface area contributed by atoms with Gasteiger partial charge in [0.1, 0.15) is 0 Å². The van der Waals surface area contributed by atoms with Gasteiger partial charge in [0.2, 0.25) is 0 Å². The van der Waals surface area contributed by atoms with E-state index < -0.39 is 11.7 Å². The van der Waals surface area contributed by atoms with Crippen molar-refractivity contribution in [3.8, 4) is 0 Å². The molecule has 94 valence electrons. The molecule has 4 nitrogen and oxygen atoms in total. The van der Waals surface area contributed by atoms with Crippen molar-refractivity contribution in [2.24, 2.45) is 0 Å². The Balaban J connectivity index is 2.28. The fourth-order valence-electron chi connectivity index (χ4n) is 1.46. The highest BCUT2D eigenvalue weighted by atomic mass is 35.5. The second-order valence-electron chi connectivity index (χ2n) is 3.88. The highest BCUT2D eigenvalue weighted by Gasteiger charge is 2.16. The molecular weight excluding hydrogens is 257 g/mol. The second kappa shape index (κ2) is 4.78. The van der Waals surface area contributed by atoms with Gasteiger partial charge in [0.15, 0.2) is 11.6 Å². The lowest BCUT2D eigenvalue weighted by atomic mass is 10.2. The van der Waals surface area contributed by atoms with Gasteiger partial charge in [0.05, 0.1) is 10.6 Å². The molecule has 0 aliphatic carbocycles. The fraction of sp³-hybridized carbons (Fsp3) is 0.167. The Bertz CT molecular complexity index is 609. The number of carbonyl (C=O) groups is 1. The standard InChI is InChI=1S/C12H11ClFN3O/c1-6-7(2)16-17-11(6)15-12(18)8-4-3-5-9(13)10(8)14/h3-5H,1-2H3,(H2,15,16,17,18). The molecule has 1 amide bonds. The van der Waals surface area contributed by atoms with E-state index in [0.29, 0.717) is 5.82 Å². The number of rotatable bonds is 2. The zero-order chi connectivity index (χ0) is 13.3. The van der Waals surface area contributed by atoms with E-state index in [1.54, 1.807) is 0 Å². The molecule has 1 heterocycles. The molecule has 18 heavy (non-hydrogen) atoms. The molecule has 0 atom stereocenters. The number of hydrogen-bond donors (Lipinski definition) is 2. The Morgan fingerprint density at radius 3 is 2.78 bits per heavy atom. The molecule has 2 N–H and O–H groups in total. The van der Waals surface area contributed by atoms with Crippen LogP contribution < -0.4 is 5.32 Å². The summed E-state index contributed by atoms with van der Waals surface area (Å²) in [6.45, 7) is 3.64. The maximum absolute atomic E-state index is 13.6. The number of anilines is 1. The first-order valence-corrected chi connectivity index (χ1v) is 5.65. The monoisotopic (exact) mass is 267 g/mol. The molecule has 0 fully saturated rings. The zero-order valence-electron chi connectivity index (χ0n) is 9.84. The highest BCUT2D eigenvalue weighted by molar-refractivity contribution is 6.31. The Kier molecular flexibility index (Phi) is 3.34. The van der Waals surface area contributed by atoms with Gasteiger partial charge in [0, 0.05) is 11.3 Å². The molecule has 0 unspecified atom stereocenters. The molecule has 0 saturated heterocycles. The van der Waals surface area contributed by atoms with Gasteiger partial charge in [0.25, 0.3) is 5.91 Å². The van der Waals surface area contributed by atoms with E-state index >= 15 is 0 Å². The number of hydrogen-bond acceptors (Lipinski definition) is 2. The summed E-state index contributed by atoms with van der Waals surface area (Å²) in [7, 11) is 0. The minimum Gasteiger partial charge on any atom is -0.305 e. The molecule has 1 aromatic carbocycles. The van der Waals surface area contributed by atoms with E-state index in [1.807, 2.05) is 13.8 Å². The van der Waals surface area contributed by atoms with Gasteiger partial charge in [-0.3, -0.25) is 9.89 Å². The predicted octanol–water partition coefficient (Wildman–Crippen LogP) is 3.07. The first kappa shape index (κ1) is 12.6. The number of benzene rings is 1. The fourth-order valence-corrected chi connectivity index (χ4v) is 1.64. The molecule has 0 radical (unpaired) electrons. The van der Waals surface area contributed by atoms with Crippen LogP contribution in [-0.2, 0) is 0 Å². The van der Waals surface area contributed by atoms with E-state index in [1.165, 1.54) is 18.2 Å². The summed E-state index contributed by atoms with van der Waals surface area (Å²) in [5.41, 5.74) is 1.55. The smallest absolute Gasteiger partial charge is 0.259 e. The Labute approximate surface area is 108 Å². The van der Waals surface area contributed by atoms with E-state index in [9.17, 15) is 9.18 Å². The summed E-state index contributed by atoms with van der Waals surface area (Å²) in [4.78, 5) is 11.9. The van der Waals surface area contributed by atoms with Crippen molar-refractivity contribution in [3.63, 3.8) is 0 Å². The zero-order valence-corrected chi connectivity index (χ0v) is 10.6. The van der Waals surface area contributed by atoms with Crippen LogP contribution in [-0.4, -0.2) is 16.1 Å². The topological polar surface area (TPSA) is 57.8 Å². The van der Waals surface area contributed by atoms with Crippen molar-refractivity contribution >= 4 is 23.3 Å². The van der Waals surface area contributed by atoms with Crippen LogP contribution in [0.4, 0.5) is 10.2 Å². The lowest BCUT2D eigenvalue weighted by Gasteiger charge is -2.05. The van der Waals surface area contributed by atoms with Crippen LogP contribution >= 0.6 is 11.6 Å². The number of aromatic amines is 1. The lowest BCUT2D eigenvalue weighted by molar-refractivity contribution is 0.102. The number of carbonyl (C=O) groups excluding carboxylic acids is 1. The Morgan fingerprint density at radius 1 is 1.44 bits per heavy atom. The molecule has 6 heteroatoms. The van der Waals surface area contributed by atoms with Crippen molar-refractivity contribution in [3.05, 3.63) is 45.9 Å². The number of nitrogens with zero attached hydrogens (tertiary/aromatic N) is 1. The van der Waals surface area contributed by atoms with Gasteiger partial charge in [-0.25, -0.2) is 4.39 Å². The van der Waals surface area contributed by atoms with Crippen molar-refractivity contribution in [2.45, 2.75) is 13.8 Å². The number of H-pyrrole nitrogens is 1. The summed E-state index contributed by atoms with van der Waals surface area (Å²) in [6.07, 6.45) is 0. The average Bonchev–Trinajstić information content (AvgIpc) is 2.64. The Hall–Kier alpha value is -1.88. The number of aryl methyl sites for hydroxylation is 1. The van der Waals surface area contributed by atoms with Gasteiger partial charge >= 0.3 is 0 Å². The first-order valence-electron chi connectivity index (χ1n) is 5.27. The van der Waals surface area contributed by atoms with E-state index in [4.69, 9.17) is 11.6 Å². The number of nitrogens with one attached hydrogen (secondary N) is 2. The summed E-state index contributed by atoms with van der Waals surface area (Å²) in [5, 5.41) is 9.11. The lowest BCUT2D eigenvalue weighted by Crippen LogP contribution is -2.14. The van der Waals surface area contributed by atoms with E-state index in [0.717, 1.165) is 11.3 Å². The minimum absolute atomic E-state index is 0.0856. The van der Waals surface area contributed by atoms with Crippen molar-refractivity contribution in [2.75, 3.05) is 5.32 Å². The van der Waals surface area contributed by atoms with Crippen LogP contribution in [0.2, 0.25) is 5.02 Å². The summed E-state index contributed by atoms with van der Waals surface area (Å²) < 4.78 is 13.6. The third-order valence-corrected chi connectivity index (χ3v) is 2.97. The Morgan fingerprint density at radius 2 is 2.17 bits per heavy atom. The maximum Gasteiger partial charge on any atom is 0.259 e. The number of halogens is 2. The van der Waals surface area contributed by atoms with Crippen LogP contribution in [0.1, 0.15) is 21.6 Å². The number of amides is 1. The minimum atomic E-state index is -0.735. The average molecular weight is 268 g/mol. The van der Waals surface area contributed by atoms with Crippen molar-refractivity contribution < 1.29 is 9.18 Å². The third-order valence-electron chi connectivity index (χ3n) is 2.68. The molecular formula is C12H11ClFN3O. The van der Waals surface area contributed by atoms with Crippen LogP contribution in [0.5, 0.6) is 0 Å². The van der Waals surface area contributed by atoms with Crippen LogP contribution in [0, 0.1) is 19.7 Å². The molecule has 0 bridgehead atoms. The van der Waals surface area contributed by atoms with E-state index in [-0.39, 0.29) is 10.6 Å². The van der Waals surface area contributed by atoms with Gasteiger partial charge in [-0.2, -0.15) is 5.10 Å². The van der Waals surface area contributed by atoms with Gasteiger partial charge in [-0.15, -0.1) is 0 Å². The first-order chi connectivity index (χ1) is 8.50. The SMILES string of the molecule is Cc1[nH]nc(NC(=O)c2cccc(Cl)c2F)c1C. The van der Waals surface area contributed by atoms with Crippen molar-refractivity contribution in [1.29, 1.82) is 0 Å². The van der Waals surface area contributed by atoms with Gasteiger partial charge < -0.3 is 5.32 Å². The molecule has 0 saturated carbocycles. The molecule has 0 spiro atoms. The summed E-state index contributed by atoms with van der Waals surface area (Å²) in [6, 6.07) is 4.27. The van der Waals surface area contributed by atoms with E-state index in [2.05, 4.69) is 15.5 Å². The number of aromatic nitrogens is 2. The second-order valence-corrected chi connectivity index (χ2v) is 4.28. The normalized spacial score (nSPS) is 10.4. The molecule has 1 aromatic heterocycles. The quantitative estimate of drug-likeness (QED) is 0.878. The van der Waals surface area contributed by atoms with Gasteiger partial charge in [-0.05, 0) is 26.0 Å². The third kappa shape index (κ3) is 2.22.